The molecule has 9 rings (SSSR count). The first-order chi connectivity index (χ1) is 28.2. The van der Waals surface area contributed by atoms with E-state index in [9.17, 15) is 0 Å². The van der Waals surface area contributed by atoms with Gasteiger partial charge in [0.25, 0.3) is 0 Å². The molecule has 0 bridgehead atoms. The number of fused-ring (bicyclic) bond motifs is 9. The number of imidazole rings is 2. The number of aryl methyl sites for hydroxylation is 2. The molecule has 1 spiro atoms. The molecule has 0 radical (unpaired) electrons. The Morgan fingerprint density at radius 3 is 1.83 bits per heavy atom. The topological polar surface area (TPSA) is 26.8 Å². The number of hydrogen-bond acceptors (Lipinski definition) is 1. The molecule has 2 aromatic heterocycles. The second-order valence-electron chi connectivity index (χ2n) is 20.5. The van der Waals surface area contributed by atoms with Crippen molar-refractivity contribution in [1.82, 2.24) is 9.13 Å². The van der Waals surface area contributed by atoms with Crippen LogP contribution in [0.15, 0.2) is 85.2 Å². The van der Waals surface area contributed by atoms with Gasteiger partial charge in [0.05, 0.1) is 27.8 Å². The summed E-state index contributed by atoms with van der Waals surface area (Å²) < 4.78 is 30.6. The fourth-order valence-corrected chi connectivity index (χ4v) is 9.29. The van der Waals surface area contributed by atoms with Crippen molar-refractivity contribution in [2.75, 3.05) is 0 Å². The largest absolute Gasteiger partial charge is 4.00 e. The van der Waals surface area contributed by atoms with Crippen LogP contribution >= 0.6 is 0 Å². The molecular formula is C53H56N4OPt+2. The van der Waals surface area contributed by atoms with Crippen molar-refractivity contribution in [1.29, 1.82) is 0 Å². The van der Waals surface area contributed by atoms with E-state index >= 15 is 0 Å². The molecule has 6 heteroatoms. The molecule has 5 nitrogen and oxygen atoms in total. The number of aromatic nitrogens is 4. The Kier molecular flexibility index (Phi) is 8.73. The number of benzene rings is 5. The quantitative estimate of drug-likeness (QED) is 0.128. The summed E-state index contributed by atoms with van der Waals surface area (Å²) in [6, 6.07) is 33.9. The SMILES string of the molecule is [2H]Cn1[c-][n+](-c2[c-]c(Oc3[c-]c4c(cc3)C3(c5c(cc(C(C)(C)C)cc5C(C)(C)C)-c5cc(C(C)(C)C)cc(C(C)(C)C)c53)c3cccc5c3n-4[c-][n+]5C[2H])ccc2)cc1.[Pt+4]. The Hall–Kier alpha value is -4.73. The number of ether oxygens (including phenoxy) is 1. The van der Waals surface area contributed by atoms with Crippen LogP contribution in [0, 0.1) is 24.8 Å². The van der Waals surface area contributed by atoms with Gasteiger partial charge in [-0.15, -0.1) is 29.8 Å². The van der Waals surface area contributed by atoms with Crippen molar-refractivity contribution in [2.24, 2.45) is 14.0 Å². The Morgan fingerprint density at radius 2 is 1.27 bits per heavy atom. The van der Waals surface area contributed by atoms with Crippen LogP contribution in [-0.2, 0) is 62.2 Å². The molecule has 7 aromatic rings. The summed E-state index contributed by atoms with van der Waals surface area (Å²) in [5.74, 6) is 1.10. The fourth-order valence-electron chi connectivity index (χ4n) is 9.29. The second-order valence-corrected chi connectivity index (χ2v) is 20.5. The van der Waals surface area contributed by atoms with E-state index in [4.69, 9.17) is 7.48 Å². The molecule has 2 aliphatic rings. The van der Waals surface area contributed by atoms with Gasteiger partial charge in [0.15, 0.2) is 0 Å². The number of hydrogen-bond donors (Lipinski definition) is 0. The zero-order chi connectivity index (χ0) is 42.9. The van der Waals surface area contributed by atoms with Gasteiger partial charge in [-0.2, -0.15) is 18.2 Å². The van der Waals surface area contributed by atoms with E-state index in [-0.39, 0.29) is 56.8 Å². The number of nitrogens with zero attached hydrogens (tertiary/aromatic N) is 4. The minimum absolute atomic E-state index is 0. The van der Waals surface area contributed by atoms with Gasteiger partial charge in [-0.1, -0.05) is 137 Å². The molecular weight excluding hydrogens is 904 g/mol. The average Bonchev–Trinajstić information content (AvgIpc) is 3.89. The summed E-state index contributed by atoms with van der Waals surface area (Å²) in [7, 11) is 0.113. The maximum Gasteiger partial charge on any atom is 4.00 e. The van der Waals surface area contributed by atoms with Crippen LogP contribution in [0.2, 0.25) is 0 Å². The fraction of sp³-hybridized carbons (Fsp3) is 0.358. The van der Waals surface area contributed by atoms with E-state index in [0.717, 1.165) is 28.0 Å². The summed E-state index contributed by atoms with van der Waals surface area (Å²) in [4.78, 5) is 0. The van der Waals surface area contributed by atoms with Crippen LogP contribution in [0.4, 0.5) is 0 Å². The number of rotatable bonds is 3. The van der Waals surface area contributed by atoms with E-state index < -0.39 is 5.41 Å². The van der Waals surface area contributed by atoms with Crippen molar-refractivity contribution >= 4 is 11.0 Å². The van der Waals surface area contributed by atoms with Crippen LogP contribution < -0.4 is 13.9 Å². The van der Waals surface area contributed by atoms with Crippen molar-refractivity contribution in [3.63, 3.8) is 0 Å². The third-order valence-electron chi connectivity index (χ3n) is 12.2. The van der Waals surface area contributed by atoms with Gasteiger partial charge < -0.3 is 23.0 Å². The predicted molar refractivity (Wildman–Crippen MR) is 232 cm³/mol. The van der Waals surface area contributed by atoms with Crippen molar-refractivity contribution in [2.45, 2.75) is 110 Å². The van der Waals surface area contributed by atoms with Crippen molar-refractivity contribution < 1.29 is 37.7 Å². The first-order valence-electron chi connectivity index (χ1n) is 21.8. The van der Waals surface area contributed by atoms with E-state index in [1.165, 1.54) is 50.1 Å². The minimum atomic E-state index is -0.738. The smallest absolute Gasteiger partial charge is 0.511 e. The molecule has 59 heavy (non-hydrogen) atoms. The minimum Gasteiger partial charge on any atom is -0.511 e. The van der Waals surface area contributed by atoms with E-state index in [1.54, 1.807) is 4.57 Å². The molecule has 5 aromatic carbocycles. The summed E-state index contributed by atoms with van der Waals surface area (Å²) in [6.07, 6.45) is 10.4. The van der Waals surface area contributed by atoms with E-state index in [1.807, 2.05) is 39.7 Å². The van der Waals surface area contributed by atoms with Gasteiger partial charge in [0.2, 0.25) is 12.7 Å². The molecule has 0 fully saturated rings. The van der Waals surface area contributed by atoms with Crippen molar-refractivity contribution in [3.8, 4) is 34.0 Å². The summed E-state index contributed by atoms with van der Waals surface area (Å²) in [5, 5.41) is 0. The Bertz CT molecular complexity index is 2790. The molecule has 0 N–H and O–H groups in total. The molecule has 0 saturated heterocycles. The standard InChI is InChI=1S/C53H56N4O.Pt/c1-49(2,3)33-25-38-39-26-34(50(4,5)6)28-43(52(10,11)12)47(39)53(46(38)42(27-33)51(7,8)9)40-22-21-37(58-36-18-15-17-35(29-36)56-24-23-54(13)31-56)30-45(40)57-32-55(14)44-20-16-19-41(53)48(44)57;/h15-28H,1-14H3;/q-2;+4/i13D,14D;. The molecule has 0 unspecified atom stereocenters. The van der Waals surface area contributed by atoms with Gasteiger partial charge in [-0.3, -0.25) is 0 Å². The molecule has 0 amide bonds. The molecule has 3 heterocycles. The van der Waals surface area contributed by atoms with Gasteiger partial charge in [0.1, 0.15) is 0 Å². The second kappa shape index (κ2) is 13.4. The van der Waals surface area contributed by atoms with Gasteiger partial charge >= 0.3 is 21.1 Å². The monoisotopic (exact) mass is 961 g/mol. The molecule has 302 valence electrons. The van der Waals surface area contributed by atoms with E-state index in [2.05, 4.69) is 167 Å². The summed E-state index contributed by atoms with van der Waals surface area (Å²) >= 11 is 0. The Morgan fingerprint density at radius 1 is 0.661 bits per heavy atom. The van der Waals surface area contributed by atoms with Gasteiger partial charge in [-0.25, -0.2) is 0 Å². The zero-order valence-corrected chi connectivity index (χ0v) is 38.8. The summed E-state index contributed by atoms with van der Waals surface area (Å²) in [5.41, 5.74) is 15.1. The molecule has 1 aliphatic heterocycles. The Balaban J connectivity index is 0.00000514. The average molecular weight is 962 g/mol. The Labute approximate surface area is 368 Å². The first kappa shape index (κ1) is 38.5. The summed E-state index contributed by atoms with van der Waals surface area (Å²) in [6.45, 7) is 28.1. The maximum absolute atomic E-state index is 8.68. The van der Waals surface area contributed by atoms with Gasteiger partial charge in [0, 0.05) is 29.3 Å². The van der Waals surface area contributed by atoms with Crippen LogP contribution in [-0.4, -0.2) is 9.13 Å². The maximum atomic E-state index is 8.68. The molecule has 0 atom stereocenters. The number of para-hydroxylation sites is 1. The van der Waals surface area contributed by atoms with Gasteiger partial charge in [-0.05, 0) is 71.7 Å². The van der Waals surface area contributed by atoms with Crippen molar-refractivity contribution in [3.05, 3.63) is 154 Å². The predicted octanol–water partition coefficient (Wildman–Crippen LogP) is 10.9. The normalized spacial score (nSPS) is 14.7. The van der Waals surface area contributed by atoms with E-state index in [0.29, 0.717) is 11.5 Å². The van der Waals surface area contributed by atoms with Crippen LogP contribution in [0.25, 0.3) is 33.5 Å². The third kappa shape index (κ3) is 6.28. The molecule has 1 aliphatic carbocycles. The van der Waals surface area contributed by atoms with Crippen LogP contribution in [0.5, 0.6) is 11.5 Å². The molecule has 0 saturated carbocycles. The van der Waals surface area contributed by atoms with Crippen LogP contribution in [0.3, 0.4) is 0 Å². The first-order valence-corrected chi connectivity index (χ1v) is 20.4. The zero-order valence-electron chi connectivity index (χ0n) is 38.5. The third-order valence-corrected chi connectivity index (χ3v) is 12.2. The van der Waals surface area contributed by atoms with Crippen LogP contribution in [0.1, 0.15) is 130 Å².